The molecule has 190 valence electrons. The standard InChI is InChI=1S/C26H25Cl3N2O4S/c27-26(28,29)25(33)31-14-17-4-10-20(11-5-17)24-34-21(16-36-23-3-1-2-12-30-23)13-22(35-24)19-8-6-18(15-32)7-9-19/h1-12,21-22,24,32H,13-16H2,(H,31,33). The first kappa shape index (κ1) is 27.2. The van der Waals surface area contributed by atoms with Crippen LogP contribution in [-0.2, 0) is 27.4 Å². The van der Waals surface area contributed by atoms with Gasteiger partial charge in [-0.25, -0.2) is 4.98 Å². The first-order chi connectivity index (χ1) is 17.3. The summed E-state index contributed by atoms with van der Waals surface area (Å²) in [7, 11) is 0. The van der Waals surface area contributed by atoms with Crippen molar-refractivity contribution in [3.05, 3.63) is 95.2 Å². The molecule has 36 heavy (non-hydrogen) atoms. The summed E-state index contributed by atoms with van der Waals surface area (Å²) in [6.07, 6.45) is 1.66. The van der Waals surface area contributed by atoms with E-state index in [1.807, 2.05) is 66.7 Å². The number of carbonyl (C=O) groups excluding carboxylic acids is 1. The van der Waals surface area contributed by atoms with Gasteiger partial charge in [0.25, 0.3) is 9.70 Å². The SMILES string of the molecule is O=C(NCc1ccc(C2OC(CSc3ccccn3)CC(c3ccc(CO)cc3)O2)cc1)C(Cl)(Cl)Cl. The van der Waals surface area contributed by atoms with Gasteiger partial charge in [0.2, 0.25) is 0 Å². The van der Waals surface area contributed by atoms with Gasteiger partial charge in [-0.05, 0) is 28.8 Å². The van der Waals surface area contributed by atoms with E-state index in [4.69, 9.17) is 44.3 Å². The van der Waals surface area contributed by atoms with Crippen molar-refractivity contribution in [3.63, 3.8) is 0 Å². The monoisotopic (exact) mass is 566 g/mol. The number of aliphatic hydroxyl groups excluding tert-OH is 1. The fourth-order valence-corrected chi connectivity index (χ4v) is 4.79. The lowest BCUT2D eigenvalue weighted by atomic mass is 10.0. The van der Waals surface area contributed by atoms with Gasteiger partial charge in [-0.3, -0.25) is 4.79 Å². The zero-order valence-corrected chi connectivity index (χ0v) is 22.2. The highest BCUT2D eigenvalue weighted by Crippen LogP contribution is 2.39. The Kier molecular flexibility index (Phi) is 9.52. The van der Waals surface area contributed by atoms with Crippen molar-refractivity contribution in [1.82, 2.24) is 10.3 Å². The lowest BCUT2D eigenvalue weighted by Crippen LogP contribution is -2.34. The molecule has 1 aliphatic rings. The number of hydrogen-bond acceptors (Lipinski definition) is 6. The van der Waals surface area contributed by atoms with E-state index < -0.39 is 16.0 Å². The average Bonchev–Trinajstić information content (AvgIpc) is 2.90. The van der Waals surface area contributed by atoms with Gasteiger partial charge in [-0.1, -0.05) is 89.4 Å². The molecule has 1 amide bonds. The lowest BCUT2D eigenvalue weighted by Gasteiger charge is -2.36. The molecule has 4 rings (SSSR count). The zero-order valence-electron chi connectivity index (χ0n) is 19.1. The van der Waals surface area contributed by atoms with Gasteiger partial charge >= 0.3 is 0 Å². The Bertz CT molecular complexity index is 1130. The van der Waals surface area contributed by atoms with Crippen LogP contribution in [0.1, 0.15) is 41.1 Å². The number of pyridine rings is 1. The number of benzene rings is 2. The Morgan fingerprint density at radius 3 is 2.33 bits per heavy atom. The summed E-state index contributed by atoms with van der Waals surface area (Å²) in [5, 5.41) is 12.9. The van der Waals surface area contributed by atoms with Crippen LogP contribution in [0.5, 0.6) is 0 Å². The molecule has 3 unspecified atom stereocenters. The van der Waals surface area contributed by atoms with Crippen molar-refractivity contribution >= 4 is 52.5 Å². The van der Waals surface area contributed by atoms with Gasteiger partial charge in [-0.15, -0.1) is 11.8 Å². The fourth-order valence-electron chi connectivity index (χ4n) is 3.71. The molecule has 2 N–H and O–H groups in total. The number of aliphatic hydroxyl groups is 1. The molecular weight excluding hydrogens is 543 g/mol. The Morgan fingerprint density at radius 2 is 1.69 bits per heavy atom. The van der Waals surface area contributed by atoms with E-state index in [9.17, 15) is 9.90 Å². The molecule has 10 heteroatoms. The van der Waals surface area contributed by atoms with Crippen molar-refractivity contribution < 1.29 is 19.4 Å². The van der Waals surface area contributed by atoms with Crippen LogP contribution in [0.4, 0.5) is 0 Å². The summed E-state index contributed by atoms with van der Waals surface area (Å²) < 4.78 is 10.7. The zero-order chi connectivity index (χ0) is 25.5. The van der Waals surface area contributed by atoms with Crippen LogP contribution in [0.25, 0.3) is 0 Å². The third-order valence-electron chi connectivity index (χ3n) is 5.63. The second-order valence-corrected chi connectivity index (χ2v) is 11.6. The first-order valence-corrected chi connectivity index (χ1v) is 13.4. The Hall–Kier alpha value is -1.84. The number of ether oxygens (including phenoxy) is 2. The quantitative estimate of drug-likeness (QED) is 0.261. The number of amides is 1. The van der Waals surface area contributed by atoms with Crippen LogP contribution in [0.2, 0.25) is 0 Å². The van der Waals surface area contributed by atoms with Crippen molar-refractivity contribution in [1.29, 1.82) is 0 Å². The number of rotatable bonds is 8. The topological polar surface area (TPSA) is 80.7 Å². The third kappa shape index (κ3) is 7.59. The molecule has 1 fully saturated rings. The highest BCUT2D eigenvalue weighted by molar-refractivity contribution is 7.99. The van der Waals surface area contributed by atoms with Crippen LogP contribution in [0.3, 0.4) is 0 Å². The number of aromatic nitrogens is 1. The number of halogens is 3. The second kappa shape index (κ2) is 12.6. The number of carbonyl (C=O) groups is 1. The number of alkyl halides is 3. The van der Waals surface area contributed by atoms with Crippen molar-refractivity contribution in [2.24, 2.45) is 0 Å². The van der Waals surface area contributed by atoms with E-state index in [-0.39, 0.29) is 25.4 Å². The molecule has 3 aromatic rings. The minimum atomic E-state index is -2.00. The lowest BCUT2D eigenvalue weighted by molar-refractivity contribution is -0.245. The molecule has 1 aromatic heterocycles. The minimum absolute atomic E-state index is 0.00462. The van der Waals surface area contributed by atoms with E-state index in [0.29, 0.717) is 6.42 Å². The molecule has 0 saturated carbocycles. The van der Waals surface area contributed by atoms with E-state index in [0.717, 1.165) is 33.0 Å². The van der Waals surface area contributed by atoms with Crippen LogP contribution >= 0.6 is 46.6 Å². The molecule has 2 aromatic carbocycles. The molecule has 0 bridgehead atoms. The molecule has 0 radical (unpaired) electrons. The number of hydrogen-bond donors (Lipinski definition) is 2. The predicted octanol–water partition coefficient (Wildman–Crippen LogP) is 5.90. The Labute approximate surface area is 229 Å². The second-order valence-electron chi connectivity index (χ2n) is 8.25. The van der Waals surface area contributed by atoms with Gasteiger partial charge in [0, 0.05) is 30.5 Å². The Balaban J connectivity index is 1.47. The summed E-state index contributed by atoms with van der Waals surface area (Å²) in [6, 6.07) is 21.2. The largest absolute Gasteiger partial charge is 0.392 e. The van der Waals surface area contributed by atoms with Crippen molar-refractivity contribution in [2.75, 3.05) is 5.75 Å². The summed E-state index contributed by atoms with van der Waals surface area (Å²) >= 11 is 18.5. The molecule has 1 aliphatic heterocycles. The molecular formula is C26H25Cl3N2O4S. The average molecular weight is 568 g/mol. The van der Waals surface area contributed by atoms with Crippen molar-refractivity contribution in [3.8, 4) is 0 Å². The summed E-state index contributed by atoms with van der Waals surface area (Å²) in [5.41, 5.74) is 3.58. The van der Waals surface area contributed by atoms with Crippen molar-refractivity contribution in [2.45, 2.75) is 46.9 Å². The van der Waals surface area contributed by atoms with E-state index >= 15 is 0 Å². The van der Waals surface area contributed by atoms with Crippen LogP contribution in [0, 0.1) is 0 Å². The maximum Gasteiger partial charge on any atom is 0.272 e. The number of nitrogens with one attached hydrogen (secondary N) is 1. The van der Waals surface area contributed by atoms with Gasteiger partial charge < -0.3 is 19.9 Å². The molecule has 3 atom stereocenters. The normalized spacial score (nSPS) is 20.2. The fraction of sp³-hybridized carbons (Fsp3) is 0.308. The first-order valence-electron chi connectivity index (χ1n) is 11.3. The molecule has 6 nitrogen and oxygen atoms in total. The third-order valence-corrected chi connectivity index (χ3v) is 7.22. The van der Waals surface area contributed by atoms with Crippen LogP contribution in [-0.4, -0.2) is 31.6 Å². The Morgan fingerprint density at radius 1 is 1.00 bits per heavy atom. The minimum Gasteiger partial charge on any atom is -0.392 e. The molecule has 0 aliphatic carbocycles. The van der Waals surface area contributed by atoms with E-state index in [1.54, 1.807) is 18.0 Å². The van der Waals surface area contributed by atoms with E-state index in [1.165, 1.54) is 0 Å². The van der Waals surface area contributed by atoms with Gasteiger partial charge in [-0.2, -0.15) is 0 Å². The highest BCUT2D eigenvalue weighted by atomic mass is 35.6. The van der Waals surface area contributed by atoms with Crippen LogP contribution in [0.15, 0.2) is 78.0 Å². The summed E-state index contributed by atoms with van der Waals surface area (Å²) in [6.45, 7) is 0.220. The maximum absolute atomic E-state index is 11.8. The van der Waals surface area contributed by atoms with Gasteiger partial charge in [0.1, 0.15) is 0 Å². The highest BCUT2D eigenvalue weighted by Gasteiger charge is 2.33. The summed E-state index contributed by atoms with van der Waals surface area (Å²) in [4.78, 5) is 16.2. The van der Waals surface area contributed by atoms with Gasteiger partial charge in [0.15, 0.2) is 6.29 Å². The smallest absolute Gasteiger partial charge is 0.272 e. The molecule has 2 heterocycles. The maximum atomic E-state index is 11.8. The molecule has 0 spiro atoms. The summed E-state index contributed by atoms with van der Waals surface area (Å²) in [5.74, 6) is 0.0438. The van der Waals surface area contributed by atoms with Crippen LogP contribution < -0.4 is 5.32 Å². The van der Waals surface area contributed by atoms with E-state index in [2.05, 4.69) is 10.3 Å². The number of thioether (sulfide) groups is 1. The molecule has 1 saturated heterocycles. The van der Waals surface area contributed by atoms with Gasteiger partial charge in [0.05, 0.1) is 23.8 Å². The predicted molar refractivity (Wildman–Crippen MR) is 142 cm³/mol. The number of nitrogens with zero attached hydrogens (tertiary/aromatic N) is 1.